The molecule has 1 aromatic carbocycles. The fourth-order valence-electron chi connectivity index (χ4n) is 6.27. The van der Waals surface area contributed by atoms with Gasteiger partial charge in [-0.1, -0.05) is 0 Å². The molecule has 2 saturated heterocycles. The first-order chi connectivity index (χ1) is 17.8. The van der Waals surface area contributed by atoms with Crippen LogP contribution in [0.4, 0.5) is 0 Å². The van der Waals surface area contributed by atoms with Gasteiger partial charge in [0.05, 0.1) is 0 Å². The van der Waals surface area contributed by atoms with Gasteiger partial charge in [0.2, 0.25) is 0 Å². The van der Waals surface area contributed by atoms with Crippen LogP contribution in [0.5, 0.6) is 11.5 Å². The number of hydrogen-bond acceptors (Lipinski definition) is 6. The van der Waals surface area contributed by atoms with Crippen molar-refractivity contribution in [3.8, 4) is 11.5 Å². The zero-order chi connectivity index (χ0) is 26.4. The van der Waals surface area contributed by atoms with Crippen molar-refractivity contribution >= 4 is 5.91 Å². The van der Waals surface area contributed by atoms with Crippen molar-refractivity contribution in [1.29, 1.82) is 0 Å². The van der Waals surface area contributed by atoms with E-state index in [4.69, 9.17) is 4.74 Å². The van der Waals surface area contributed by atoms with Crippen LogP contribution in [0.15, 0.2) is 0 Å². The SMILES string of the molecule is Cc1c(C)c2c(c(C)c1O)CCC(C)(C(=O)N1CCC(CNCCCCNCC3CCNCC3)CC1)O2. The summed E-state index contributed by atoms with van der Waals surface area (Å²) in [6.07, 6.45) is 8.56. The Balaban J connectivity index is 1.14. The van der Waals surface area contributed by atoms with E-state index in [2.05, 4.69) is 16.0 Å². The minimum absolute atomic E-state index is 0.115. The molecule has 1 unspecified atom stereocenters. The first-order valence-corrected chi connectivity index (χ1v) is 14.7. The van der Waals surface area contributed by atoms with Crippen LogP contribution < -0.4 is 20.7 Å². The molecule has 0 radical (unpaired) electrons. The summed E-state index contributed by atoms with van der Waals surface area (Å²) in [6.45, 7) is 16.2. The minimum atomic E-state index is -0.833. The number of nitrogens with zero attached hydrogens (tertiary/aromatic N) is 1. The largest absolute Gasteiger partial charge is 0.507 e. The van der Waals surface area contributed by atoms with Crippen LogP contribution in [0.2, 0.25) is 0 Å². The lowest BCUT2D eigenvalue weighted by molar-refractivity contribution is -0.149. The number of aromatic hydroxyl groups is 1. The molecule has 0 aromatic heterocycles. The van der Waals surface area contributed by atoms with Crippen molar-refractivity contribution in [3.63, 3.8) is 0 Å². The molecule has 0 saturated carbocycles. The van der Waals surface area contributed by atoms with Gasteiger partial charge in [-0.05, 0) is 140 Å². The summed E-state index contributed by atoms with van der Waals surface area (Å²) in [5.74, 6) is 2.76. The van der Waals surface area contributed by atoms with Crippen molar-refractivity contribution in [2.24, 2.45) is 11.8 Å². The number of carbonyl (C=O) groups excluding carboxylic acids is 1. The van der Waals surface area contributed by atoms with E-state index in [1.54, 1.807) is 0 Å². The molecule has 2 fully saturated rings. The number of piperidine rings is 2. The van der Waals surface area contributed by atoms with Gasteiger partial charge in [0, 0.05) is 25.1 Å². The van der Waals surface area contributed by atoms with Crippen LogP contribution in [0.3, 0.4) is 0 Å². The Bertz CT molecular complexity index is 922. The molecule has 3 aliphatic heterocycles. The first kappa shape index (κ1) is 28.2. The molecule has 7 nitrogen and oxygen atoms in total. The van der Waals surface area contributed by atoms with Gasteiger partial charge < -0.3 is 30.7 Å². The maximum atomic E-state index is 13.6. The summed E-state index contributed by atoms with van der Waals surface area (Å²) in [4.78, 5) is 15.6. The van der Waals surface area contributed by atoms with Gasteiger partial charge in [-0.3, -0.25) is 4.79 Å². The second-order valence-corrected chi connectivity index (χ2v) is 11.9. The Kier molecular flexibility index (Phi) is 9.76. The lowest BCUT2D eigenvalue weighted by atomic mass is 9.86. The van der Waals surface area contributed by atoms with Crippen molar-refractivity contribution in [2.45, 2.75) is 84.7 Å². The Morgan fingerprint density at radius 3 is 2.19 bits per heavy atom. The van der Waals surface area contributed by atoms with E-state index >= 15 is 0 Å². The average molecular weight is 515 g/mol. The number of rotatable bonds is 10. The van der Waals surface area contributed by atoms with Crippen molar-refractivity contribution in [2.75, 3.05) is 52.4 Å². The number of benzene rings is 1. The molecule has 208 valence electrons. The topological polar surface area (TPSA) is 85.9 Å². The van der Waals surface area contributed by atoms with Gasteiger partial charge in [-0.2, -0.15) is 0 Å². The molecular formula is C30H50N4O3. The summed E-state index contributed by atoms with van der Waals surface area (Å²) in [5.41, 5.74) is 2.89. The van der Waals surface area contributed by atoms with E-state index in [1.807, 2.05) is 32.6 Å². The third-order valence-electron chi connectivity index (χ3n) is 9.16. The fourth-order valence-corrected chi connectivity index (χ4v) is 6.27. The van der Waals surface area contributed by atoms with E-state index in [0.29, 0.717) is 18.1 Å². The molecule has 7 heteroatoms. The van der Waals surface area contributed by atoms with E-state index in [-0.39, 0.29) is 5.91 Å². The lowest BCUT2D eigenvalue weighted by Crippen LogP contribution is -2.54. The Hall–Kier alpha value is -1.83. The first-order valence-electron chi connectivity index (χ1n) is 14.7. The molecule has 0 spiro atoms. The normalized spacial score (nSPS) is 23.1. The molecule has 1 aromatic rings. The Morgan fingerprint density at radius 1 is 0.973 bits per heavy atom. The summed E-state index contributed by atoms with van der Waals surface area (Å²) < 4.78 is 6.44. The number of ether oxygens (including phenoxy) is 1. The predicted molar refractivity (Wildman–Crippen MR) is 150 cm³/mol. The van der Waals surface area contributed by atoms with Crippen LogP contribution in [0, 0.1) is 32.6 Å². The monoisotopic (exact) mass is 514 g/mol. The van der Waals surface area contributed by atoms with Crippen LogP contribution in [-0.2, 0) is 11.2 Å². The minimum Gasteiger partial charge on any atom is -0.507 e. The Labute approximate surface area is 224 Å². The maximum Gasteiger partial charge on any atom is 0.266 e. The summed E-state index contributed by atoms with van der Waals surface area (Å²) in [5, 5.41) is 21.2. The van der Waals surface area contributed by atoms with Crippen molar-refractivity contribution in [3.05, 3.63) is 22.3 Å². The van der Waals surface area contributed by atoms with Crippen LogP contribution in [0.25, 0.3) is 0 Å². The number of unbranched alkanes of at least 4 members (excludes halogenated alkanes) is 1. The number of likely N-dealkylation sites (tertiary alicyclic amines) is 1. The second-order valence-electron chi connectivity index (χ2n) is 11.9. The predicted octanol–water partition coefficient (Wildman–Crippen LogP) is 3.60. The van der Waals surface area contributed by atoms with Gasteiger partial charge in [-0.25, -0.2) is 0 Å². The number of phenols is 1. The van der Waals surface area contributed by atoms with Crippen molar-refractivity contribution < 1.29 is 14.6 Å². The third kappa shape index (κ3) is 6.79. The zero-order valence-corrected chi connectivity index (χ0v) is 23.7. The van der Waals surface area contributed by atoms with Crippen molar-refractivity contribution in [1.82, 2.24) is 20.9 Å². The Morgan fingerprint density at radius 2 is 1.57 bits per heavy atom. The molecule has 1 atom stereocenters. The van der Waals surface area contributed by atoms with E-state index < -0.39 is 5.60 Å². The maximum absolute atomic E-state index is 13.6. The molecule has 0 bridgehead atoms. The number of carbonyl (C=O) groups is 1. The average Bonchev–Trinajstić information content (AvgIpc) is 2.92. The number of phenolic OH excluding ortho intramolecular Hbond substituents is 1. The highest BCUT2D eigenvalue weighted by atomic mass is 16.5. The van der Waals surface area contributed by atoms with Gasteiger partial charge in [-0.15, -0.1) is 0 Å². The van der Waals surface area contributed by atoms with Gasteiger partial charge in [0.25, 0.3) is 5.91 Å². The molecule has 1 amide bonds. The van der Waals surface area contributed by atoms with Crippen LogP contribution >= 0.6 is 0 Å². The lowest BCUT2D eigenvalue weighted by Gasteiger charge is -2.41. The number of fused-ring (bicyclic) bond motifs is 1. The second kappa shape index (κ2) is 12.8. The molecule has 0 aliphatic carbocycles. The van der Waals surface area contributed by atoms with Gasteiger partial charge in [0.1, 0.15) is 11.5 Å². The van der Waals surface area contributed by atoms with E-state index in [0.717, 1.165) is 85.9 Å². The van der Waals surface area contributed by atoms with E-state index in [9.17, 15) is 9.90 Å². The zero-order valence-electron chi connectivity index (χ0n) is 23.7. The summed E-state index contributed by atoms with van der Waals surface area (Å²) in [6, 6.07) is 0. The van der Waals surface area contributed by atoms with Crippen LogP contribution in [0.1, 0.15) is 74.1 Å². The highest BCUT2D eigenvalue weighted by molar-refractivity contribution is 5.86. The molecule has 3 aliphatic rings. The molecular weight excluding hydrogens is 464 g/mol. The number of hydrogen-bond donors (Lipinski definition) is 4. The number of amides is 1. The highest BCUT2D eigenvalue weighted by Crippen LogP contribution is 2.43. The molecule has 4 rings (SSSR count). The third-order valence-corrected chi connectivity index (χ3v) is 9.16. The molecule has 37 heavy (non-hydrogen) atoms. The summed E-state index contributed by atoms with van der Waals surface area (Å²) >= 11 is 0. The quantitative estimate of drug-likeness (QED) is 0.357. The number of nitrogens with one attached hydrogen (secondary N) is 3. The fraction of sp³-hybridized carbons (Fsp3) is 0.767. The smallest absolute Gasteiger partial charge is 0.266 e. The standard InChI is InChI=1S/C30H50N4O3/c1-21-22(2)28-26(23(3)27(21)35)7-12-30(4,37-28)29(36)34-17-10-25(11-18-34)20-33-14-6-5-13-32-19-24-8-15-31-16-9-24/h24-25,31-33,35H,5-20H2,1-4H3. The summed E-state index contributed by atoms with van der Waals surface area (Å²) in [7, 11) is 0. The van der Waals surface area contributed by atoms with Gasteiger partial charge in [0.15, 0.2) is 5.60 Å². The molecule has 3 heterocycles. The van der Waals surface area contributed by atoms with Crippen LogP contribution in [-0.4, -0.2) is 73.9 Å². The molecule has 4 N–H and O–H groups in total. The highest BCUT2D eigenvalue weighted by Gasteiger charge is 2.43. The van der Waals surface area contributed by atoms with E-state index in [1.165, 1.54) is 45.3 Å². The van der Waals surface area contributed by atoms with Gasteiger partial charge >= 0.3 is 0 Å².